The van der Waals surface area contributed by atoms with Crippen molar-refractivity contribution in [2.45, 2.75) is 12.5 Å². The maximum absolute atomic E-state index is 12.6. The highest BCUT2D eigenvalue weighted by atomic mass is 35.5. The van der Waals surface area contributed by atoms with E-state index in [9.17, 15) is 9.59 Å². The number of imide groups is 1. The number of benzene rings is 2. The zero-order valence-corrected chi connectivity index (χ0v) is 14.2. The van der Waals surface area contributed by atoms with Gasteiger partial charge in [-0.3, -0.25) is 9.59 Å². The van der Waals surface area contributed by atoms with Gasteiger partial charge in [0, 0.05) is 30.5 Å². The zero-order valence-electron chi connectivity index (χ0n) is 13.5. The predicted octanol–water partition coefficient (Wildman–Crippen LogP) is 3.15. The number of anilines is 3. The van der Waals surface area contributed by atoms with Crippen LogP contribution in [0.5, 0.6) is 0 Å². The second kappa shape index (κ2) is 6.53. The first-order chi connectivity index (χ1) is 11.5. The molecule has 5 nitrogen and oxygen atoms in total. The summed E-state index contributed by atoms with van der Waals surface area (Å²) in [6.07, 6.45) is 0.136. The largest absolute Gasteiger partial charge is 0.378 e. The maximum Gasteiger partial charge on any atom is 0.256 e. The summed E-state index contributed by atoms with van der Waals surface area (Å²) in [5.74, 6) is -0.469. The minimum absolute atomic E-state index is 0.136. The fraction of sp³-hybridized carbons (Fsp3) is 0.222. The van der Waals surface area contributed by atoms with Crippen LogP contribution in [0, 0.1) is 0 Å². The van der Waals surface area contributed by atoms with Gasteiger partial charge in [-0.05, 0) is 48.5 Å². The molecule has 0 aromatic heterocycles. The van der Waals surface area contributed by atoms with Gasteiger partial charge in [-0.25, -0.2) is 4.90 Å². The van der Waals surface area contributed by atoms with Crippen LogP contribution in [0.2, 0.25) is 5.02 Å². The molecule has 1 heterocycles. The normalized spacial score (nSPS) is 17.3. The number of nitrogens with one attached hydrogen (secondary N) is 1. The Bertz CT molecular complexity index is 757. The van der Waals surface area contributed by atoms with Crippen LogP contribution in [0.1, 0.15) is 6.42 Å². The quantitative estimate of drug-likeness (QED) is 0.866. The third-order valence-corrected chi connectivity index (χ3v) is 4.21. The average molecular weight is 344 g/mol. The van der Waals surface area contributed by atoms with Crippen LogP contribution in [-0.2, 0) is 9.59 Å². The molecule has 0 spiro atoms. The lowest BCUT2D eigenvalue weighted by Crippen LogP contribution is -2.34. The molecule has 0 aliphatic carbocycles. The second-order valence-electron chi connectivity index (χ2n) is 5.89. The van der Waals surface area contributed by atoms with Crippen LogP contribution in [0.25, 0.3) is 0 Å². The summed E-state index contributed by atoms with van der Waals surface area (Å²) in [6.45, 7) is 0. The van der Waals surface area contributed by atoms with Gasteiger partial charge >= 0.3 is 0 Å². The Labute approximate surface area is 145 Å². The number of carbonyl (C=O) groups excluding carboxylic acids is 2. The fourth-order valence-electron chi connectivity index (χ4n) is 2.66. The summed E-state index contributed by atoms with van der Waals surface area (Å²) in [4.78, 5) is 28.0. The van der Waals surface area contributed by atoms with Crippen molar-refractivity contribution in [1.29, 1.82) is 0 Å². The molecule has 2 aromatic rings. The van der Waals surface area contributed by atoms with Gasteiger partial charge in [0.1, 0.15) is 6.04 Å². The van der Waals surface area contributed by atoms with E-state index < -0.39 is 6.04 Å². The number of rotatable bonds is 4. The SMILES string of the molecule is CN(C)c1ccc(NC2CC(=O)N(c3ccc(Cl)cc3)C2=O)cc1. The van der Waals surface area contributed by atoms with E-state index in [-0.39, 0.29) is 18.2 Å². The highest BCUT2D eigenvalue weighted by Crippen LogP contribution is 2.26. The van der Waals surface area contributed by atoms with Crippen molar-refractivity contribution in [1.82, 2.24) is 0 Å². The van der Waals surface area contributed by atoms with Gasteiger partial charge in [-0.15, -0.1) is 0 Å². The molecule has 1 fully saturated rings. The number of halogens is 1. The van der Waals surface area contributed by atoms with Crippen LogP contribution in [0.4, 0.5) is 17.1 Å². The van der Waals surface area contributed by atoms with Crippen molar-refractivity contribution in [3.05, 3.63) is 53.6 Å². The molecule has 1 aliphatic heterocycles. The van der Waals surface area contributed by atoms with E-state index in [1.54, 1.807) is 24.3 Å². The van der Waals surface area contributed by atoms with E-state index in [2.05, 4.69) is 5.32 Å². The van der Waals surface area contributed by atoms with Crippen molar-refractivity contribution < 1.29 is 9.59 Å². The first-order valence-electron chi connectivity index (χ1n) is 7.62. The summed E-state index contributed by atoms with van der Waals surface area (Å²) in [7, 11) is 3.93. The summed E-state index contributed by atoms with van der Waals surface area (Å²) in [5.41, 5.74) is 2.42. The third kappa shape index (κ3) is 3.21. The van der Waals surface area contributed by atoms with E-state index in [1.165, 1.54) is 4.90 Å². The van der Waals surface area contributed by atoms with Gasteiger partial charge < -0.3 is 10.2 Å². The van der Waals surface area contributed by atoms with E-state index in [4.69, 9.17) is 11.6 Å². The standard InChI is InChI=1S/C18H18ClN3O2/c1-21(2)14-9-5-13(6-10-14)20-16-11-17(23)22(18(16)24)15-7-3-12(19)4-8-15/h3-10,16,20H,11H2,1-2H3. The molecule has 1 aliphatic rings. The Morgan fingerprint density at radius 2 is 1.67 bits per heavy atom. The van der Waals surface area contributed by atoms with Crippen molar-refractivity contribution in [3.8, 4) is 0 Å². The van der Waals surface area contributed by atoms with Gasteiger partial charge in [0.15, 0.2) is 0 Å². The molecule has 2 amide bonds. The molecular weight excluding hydrogens is 326 g/mol. The van der Waals surface area contributed by atoms with Gasteiger partial charge in [0.25, 0.3) is 5.91 Å². The van der Waals surface area contributed by atoms with E-state index in [1.807, 2.05) is 43.3 Å². The van der Waals surface area contributed by atoms with Gasteiger partial charge in [-0.1, -0.05) is 11.6 Å². The molecular formula is C18H18ClN3O2. The van der Waals surface area contributed by atoms with Crippen molar-refractivity contribution in [2.75, 3.05) is 29.2 Å². The van der Waals surface area contributed by atoms with Crippen LogP contribution in [0.3, 0.4) is 0 Å². The summed E-state index contributed by atoms with van der Waals surface area (Å²) < 4.78 is 0. The molecule has 1 unspecified atom stereocenters. The van der Waals surface area contributed by atoms with Gasteiger partial charge in [-0.2, -0.15) is 0 Å². The lowest BCUT2D eigenvalue weighted by molar-refractivity contribution is -0.121. The van der Waals surface area contributed by atoms with Crippen molar-refractivity contribution in [2.24, 2.45) is 0 Å². The van der Waals surface area contributed by atoms with Crippen LogP contribution >= 0.6 is 11.6 Å². The van der Waals surface area contributed by atoms with E-state index >= 15 is 0 Å². The third-order valence-electron chi connectivity index (χ3n) is 3.96. The van der Waals surface area contributed by atoms with Gasteiger partial charge in [0.05, 0.1) is 12.1 Å². The predicted molar refractivity (Wildman–Crippen MR) is 96.7 cm³/mol. The van der Waals surface area contributed by atoms with Crippen LogP contribution in [-0.4, -0.2) is 32.0 Å². The van der Waals surface area contributed by atoms with Crippen molar-refractivity contribution in [3.63, 3.8) is 0 Å². The number of hydrogen-bond donors (Lipinski definition) is 1. The first kappa shape index (κ1) is 16.3. The lowest BCUT2D eigenvalue weighted by Gasteiger charge is -2.17. The molecule has 124 valence electrons. The number of hydrogen-bond acceptors (Lipinski definition) is 4. The summed E-state index contributed by atoms with van der Waals surface area (Å²) in [5, 5.41) is 3.71. The summed E-state index contributed by atoms with van der Waals surface area (Å²) in [6, 6.07) is 13.8. The first-order valence-corrected chi connectivity index (χ1v) is 8.00. The average Bonchev–Trinajstić information content (AvgIpc) is 2.83. The molecule has 6 heteroatoms. The Kier molecular flexibility index (Phi) is 4.44. The monoisotopic (exact) mass is 343 g/mol. The molecule has 1 saturated heterocycles. The molecule has 0 saturated carbocycles. The molecule has 2 aromatic carbocycles. The number of carbonyl (C=O) groups is 2. The van der Waals surface area contributed by atoms with Crippen molar-refractivity contribution >= 4 is 40.5 Å². The Balaban J connectivity index is 1.75. The maximum atomic E-state index is 12.6. The Morgan fingerprint density at radius 3 is 2.25 bits per heavy atom. The Hall–Kier alpha value is -2.53. The molecule has 0 bridgehead atoms. The molecule has 0 radical (unpaired) electrons. The topological polar surface area (TPSA) is 52.7 Å². The van der Waals surface area contributed by atoms with E-state index in [0.29, 0.717) is 10.7 Å². The van der Waals surface area contributed by atoms with Gasteiger partial charge in [0.2, 0.25) is 5.91 Å². The second-order valence-corrected chi connectivity index (χ2v) is 6.32. The smallest absolute Gasteiger partial charge is 0.256 e. The minimum atomic E-state index is -0.557. The molecule has 3 rings (SSSR count). The van der Waals surface area contributed by atoms with Crippen LogP contribution < -0.4 is 15.1 Å². The number of amides is 2. The Morgan fingerprint density at radius 1 is 1.04 bits per heavy atom. The van der Waals surface area contributed by atoms with E-state index in [0.717, 1.165) is 11.4 Å². The highest BCUT2D eigenvalue weighted by Gasteiger charge is 2.39. The molecule has 1 N–H and O–H groups in total. The summed E-state index contributed by atoms with van der Waals surface area (Å²) >= 11 is 5.86. The molecule has 24 heavy (non-hydrogen) atoms. The minimum Gasteiger partial charge on any atom is -0.378 e. The molecule has 1 atom stereocenters. The highest BCUT2D eigenvalue weighted by molar-refractivity contribution is 6.30. The number of nitrogens with zero attached hydrogens (tertiary/aromatic N) is 2. The lowest BCUT2D eigenvalue weighted by atomic mass is 10.2. The zero-order chi connectivity index (χ0) is 17.3. The fourth-order valence-corrected chi connectivity index (χ4v) is 2.79. The van der Waals surface area contributed by atoms with Crippen LogP contribution in [0.15, 0.2) is 48.5 Å².